The van der Waals surface area contributed by atoms with Gasteiger partial charge in [0, 0.05) is 6.54 Å². The van der Waals surface area contributed by atoms with E-state index in [1.807, 2.05) is 42.5 Å². The molecule has 3 rings (SSSR count). The number of rotatable bonds is 5. The van der Waals surface area contributed by atoms with Gasteiger partial charge in [0.1, 0.15) is 0 Å². The summed E-state index contributed by atoms with van der Waals surface area (Å²) in [6.07, 6.45) is 0.651. The first-order valence-corrected chi connectivity index (χ1v) is 9.92. The predicted molar refractivity (Wildman–Crippen MR) is 97.7 cm³/mol. The Bertz CT molecular complexity index is 849. The van der Waals surface area contributed by atoms with Crippen LogP contribution < -0.4 is 9.47 Å². The summed E-state index contributed by atoms with van der Waals surface area (Å²) in [7, 11) is -0.140. The Morgan fingerprint density at radius 3 is 2.32 bits per heavy atom. The number of hydrogen-bond acceptors (Lipinski definition) is 4. The molecule has 0 aliphatic carbocycles. The third-order valence-electron chi connectivity index (χ3n) is 4.67. The van der Waals surface area contributed by atoms with Gasteiger partial charge in [0.15, 0.2) is 11.5 Å². The van der Waals surface area contributed by atoms with Crippen molar-refractivity contribution in [1.29, 1.82) is 0 Å². The Labute approximate surface area is 149 Å². The number of hydrogen-bond donors (Lipinski definition) is 0. The minimum Gasteiger partial charge on any atom is -0.493 e. The zero-order valence-electron chi connectivity index (χ0n) is 14.7. The van der Waals surface area contributed by atoms with Crippen LogP contribution in [-0.2, 0) is 16.4 Å². The lowest BCUT2D eigenvalue weighted by Crippen LogP contribution is -2.41. The monoisotopic (exact) mass is 361 g/mol. The number of benzene rings is 2. The number of methoxy groups -OCH3 is 2. The van der Waals surface area contributed by atoms with E-state index in [-0.39, 0.29) is 11.8 Å². The van der Waals surface area contributed by atoms with Gasteiger partial charge in [0.25, 0.3) is 0 Å². The summed E-state index contributed by atoms with van der Waals surface area (Å²) >= 11 is 0. The molecule has 1 aliphatic rings. The molecule has 1 atom stereocenters. The molecule has 0 N–H and O–H groups in total. The summed E-state index contributed by atoms with van der Waals surface area (Å²) in [4.78, 5) is 0. The van der Waals surface area contributed by atoms with Crippen LogP contribution in [0.2, 0.25) is 0 Å². The van der Waals surface area contributed by atoms with E-state index in [4.69, 9.17) is 9.47 Å². The molecular formula is C19H23NO4S. The summed E-state index contributed by atoms with van der Waals surface area (Å²) in [5.41, 5.74) is 2.99. The molecule has 0 saturated heterocycles. The van der Waals surface area contributed by atoms with Crippen molar-refractivity contribution in [3.63, 3.8) is 0 Å². The normalized spacial score (nSPS) is 17.8. The fourth-order valence-corrected chi connectivity index (χ4v) is 4.63. The van der Waals surface area contributed by atoms with Crippen LogP contribution in [0, 0.1) is 0 Å². The highest BCUT2D eigenvalue weighted by Gasteiger charge is 2.36. The van der Waals surface area contributed by atoms with Crippen molar-refractivity contribution in [2.75, 3.05) is 26.5 Å². The number of sulfonamides is 1. The molecule has 0 spiro atoms. The second-order valence-corrected chi connectivity index (χ2v) is 8.19. The third-order valence-corrected chi connectivity index (χ3v) is 6.50. The van der Waals surface area contributed by atoms with Gasteiger partial charge in [-0.1, -0.05) is 30.3 Å². The summed E-state index contributed by atoms with van der Waals surface area (Å²) < 4.78 is 37.8. The van der Waals surface area contributed by atoms with Crippen molar-refractivity contribution < 1.29 is 17.9 Å². The molecule has 6 heteroatoms. The highest BCUT2D eigenvalue weighted by Crippen LogP contribution is 2.42. The first kappa shape index (κ1) is 17.8. The lowest BCUT2D eigenvalue weighted by Gasteiger charge is -2.37. The SMILES string of the molecule is CCS(=O)(=O)N1CCc2cc(OC)c(OC)cc2[C@@H]1c1ccccc1. The van der Waals surface area contributed by atoms with Crippen LogP contribution in [0.1, 0.15) is 29.7 Å². The molecule has 2 aromatic carbocycles. The first-order valence-electron chi connectivity index (χ1n) is 8.31. The van der Waals surface area contributed by atoms with Crippen molar-refractivity contribution in [2.24, 2.45) is 0 Å². The molecule has 25 heavy (non-hydrogen) atoms. The molecule has 0 unspecified atom stereocenters. The Morgan fingerprint density at radius 1 is 1.08 bits per heavy atom. The summed E-state index contributed by atoms with van der Waals surface area (Å²) in [5, 5.41) is 0. The van der Waals surface area contributed by atoms with Crippen LogP contribution in [0.4, 0.5) is 0 Å². The molecule has 1 heterocycles. The van der Waals surface area contributed by atoms with Gasteiger partial charge in [0.2, 0.25) is 10.0 Å². The quantitative estimate of drug-likeness (QED) is 0.821. The van der Waals surface area contributed by atoms with Gasteiger partial charge < -0.3 is 9.47 Å². The van der Waals surface area contributed by atoms with Gasteiger partial charge >= 0.3 is 0 Å². The summed E-state index contributed by atoms with van der Waals surface area (Å²) in [5.74, 6) is 1.36. The number of fused-ring (bicyclic) bond motifs is 1. The minimum absolute atomic E-state index is 0.0823. The maximum Gasteiger partial charge on any atom is 0.214 e. The van der Waals surface area contributed by atoms with Crippen molar-refractivity contribution in [1.82, 2.24) is 4.31 Å². The van der Waals surface area contributed by atoms with Crippen molar-refractivity contribution in [3.8, 4) is 11.5 Å². The van der Waals surface area contributed by atoms with Crippen LogP contribution in [0.25, 0.3) is 0 Å². The Hall–Kier alpha value is -2.05. The summed E-state index contributed by atoms with van der Waals surface area (Å²) in [6, 6.07) is 13.2. The molecule has 0 aromatic heterocycles. The van der Waals surface area contributed by atoms with Gasteiger partial charge in [-0.15, -0.1) is 0 Å². The average molecular weight is 361 g/mol. The van der Waals surface area contributed by atoms with Gasteiger partial charge in [-0.05, 0) is 42.2 Å². The average Bonchev–Trinajstić information content (AvgIpc) is 2.66. The molecule has 1 aliphatic heterocycles. The van der Waals surface area contributed by atoms with E-state index in [1.54, 1.807) is 25.4 Å². The Kier molecular flexibility index (Phi) is 5.01. The fourth-order valence-electron chi connectivity index (χ4n) is 3.37. The van der Waals surface area contributed by atoms with E-state index in [0.29, 0.717) is 24.5 Å². The minimum atomic E-state index is -3.34. The van der Waals surface area contributed by atoms with E-state index < -0.39 is 10.0 Å². The standard InChI is InChI=1S/C19H23NO4S/c1-4-25(21,22)20-11-10-15-12-17(23-2)18(24-3)13-16(15)19(20)14-8-6-5-7-9-14/h5-9,12-13,19H,4,10-11H2,1-3H3/t19-/m0/s1. The largest absolute Gasteiger partial charge is 0.493 e. The van der Waals surface area contributed by atoms with Crippen molar-refractivity contribution in [2.45, 2.75) is 19.4 Å². The highest BCUT2D eigenvalue weighted by atomic mass is 32.2. The zero-order chi connectivity index (χ0) is 18.0. The van der Waals surface area contributed by atoms with Gasteiger partial charge in [0.05, 0.1) is 26.0 Å². The highest BCUT2D eigenvalue weighted by molar-refractivity contribution is 7.89. The zero-order valence-corrected chi connectivity index (χ0v) is 15.5. The molecule has 2 aromatic rings. The van der Waals surface area contributed by atoms with E-state index in [1.165, 1.54) is 0 Å². The van der Waals surface area contributed by atoms with E-state index in [9.17, 15) is 8.42 Å². The van der Waals surface area contributed by atoms with Crippen LogP contribution in [-0.4, -0.2) is 39.2 Å². The molecule has 0 radical (unpaired) electrons. The van der Waals surface area contributed by atoms with Gasteiger partial charge in [-0.25, -0.2) is 8.42 Å². The topological polar surface area (TPSA) is 55.8 Å². The van der Waals surface area contributed by atoms with Gasteiger partial charge in [-0.3, -0.25) is 0 Å². The maximum absolute atomic E-state index is 12.7. The van der Waals surface area contributed by atoms with Crippen molar-refractivity contribution >= 4 is 10.0 Å². The fraction of sp³-hybridized carbons (Fsp3) is 0.368. The number of ether oxygens (including phenoxy) is 2. The molecule has 0 fully saturated rings. The Morgan fingerprint density at radius 2 is 1.72 bits per heavy atom. The van der Waals surface area contributed by atoms with Crippen molar-refractivity contribution in [3.05, 3.63) is 59.2 Å². The lowest BCUT2D eigenvalue weighted by atomic mass is 9.89. The van der Waals surface area contributed by atoms with E-state index >= 15 is 0 Å². The molecule has 0 saturated carbocycles. The Balaban J connectivity index is 2.21. The van der Waals surface area contributed by atoms with E-state index in [0.717, 1.165) is 16.7 Å². The molecule has 0 bridgehead atoms. The second-order valence-electron chi connectivity index (χ2n) is 5.98. The van der Waals surface area contributed by atoms with Crippen LogP contribution in [0.15, 0.2) is 42.5 Å². The molecular weight excluding hydrogens is 338 g/mol. The van der Waals surface area contributed by atoms with Gasteiger partial charge in [-0.2, -0.15) is 4.31 Å². The first-order chi connectivity index (χ1) is 12.0. The maximum atomic E-state index is 12.7. The van der Waals surface area contributed by atoms with Crippen LogP contribution in [0.3, 0.4) is 0 Å². The smallest absolute Gasteiger partial charge is 0.214 e. The summed E-state index contributed by atoms with van der Waals surface area (Å²) in [6.45, 7) is 2.14. The second kappa shape index (κ2) is 7.06. The predicted octanol–water partition coefficient (Wildman–Crippen LogP) is 3.00. The lowest BCUT2D eigenvalue weighted by molar-refractivity contribution is 0.332. The molecule has 5 nitrogen and oxygen atoms in total. The van der Waals surface area contributed by atoms with E-state index in [2.05, 4.69) is 0 Å². The third kappa shape index (κ3) is 3.24. The number of nitrogens with zero attached hydrogens (tertiary/aromatic N) is 1. The molecule has 134 valence electrons. The molecule has 0 amide bonds. The van der Waals surface area contributed by atoms with Crippen LogP contribution in [0.5, 0.6) is 11.5 Å². The van der Waals surface area contributed by atoms with Crippen LogP contribution >= 0.6 is 0 Å².